The molecule has 5 nitrogen and oxygen atoms in total. The summed E-state index contributed by atoms with van der Waals surface area (Å²) in [4.78, 5) is 23.2. The van der Waals surface area contributed by atoms with E-state index in [1.165, 1.54) is 6.07 Å². The molecule has 3 N–H and O–H groups in total. The first-order chi connectivity index (χ1) is 9.34. The number of nitrogens with one attached hydrogen (secondary N) is 2. The SMILES string of the molecule is CCC(CC)(NC(=O)Nc1ccc(Cl)cc1Cl)C(=O)O. The van der Waals surface area contributed by atoms with Crippen LogP contribution in [0.5, 0.6) is 0 Å². The second kappa shape index (κ2) is 6.81. The maximum absolute atomic E-state index is 11.9. The predicted molar refractivity (Wildman–Crippen MR) is 79.6 cm³/mol. The summed E-state index contributed by atoms with van der Waals surface area (Å²) in [7, 11) is 0. The molecule has 7 heteroatoms. The van der Waals surface area contributed by atoms with Crippen LogP contribution in [0.15, 0.2) is 18.2 Å². The molecule has 0 fully saturated rings. The minimum absolute atomic E-state index is 0.278. The normalized spacial score (nSPS) is 11.0. The fourth-order valence-electron chi connectivity index (χ4n) is 1.74. The molecule has 0 spiro atoms. The van der Waals surface area contributed by atoms with Crippen molar-refractivity contribution in [1.82, 2.24) is 5.32 Å². The summed E-state index contributed by atoms with van der Waals surface area (Å²) in [6, 6.07) is 3.99. The van der Waals surface area contributed by atoms with Crippen LogP contribution in [0.1, 0.15) is 26.7 Å². The van der Waals surface area contributed by atoms with Gasteiger partial charge in [0.2, 0.25) is 0 Å². The number of halogens is 2. The average Bonchev–Trinajstić information content (AvgIpc) is 2.39. The summed E-state index contributed by atoms with van der Waals surface area (Å²) >= 11 is 11.7. The van der Waals surface area contributed by atoms with E-state index in [-0.39, 0.29) is 17.9 Å². The van der Waals surface area contributed by atoms with Gasteiger partial charge in [-0.2, -0.15) is 0 Å². The quantitative estimate of drug-likeness (QED) is 0.773. The van der Waals surface area contributed by atoms with Gasteiger partial charge in [-0.1, -0.05) is 37.0 Å². The van der Waals surface area contributed by atoms with Crippen molar-refractivity contribution in [2.75, 3.05) is 5.32 Å². The molecule has 110 valence electrons. The third-order valence-electron chi connectivity index (χ3n) is 3.15. The number of carbonyl (C=O) groups is 2. The molecule has 0 saturated heterocycles. The van der Waals surface area contributed by atoms with Gasteiger partial charge in [-0.15, -0.1) is 0 Å². The summed E-state index contributed by atoms with van der Waals surface area (Å²) in [5, 5.41) is 15.0. The predicted octanol–water partition coefficient (Wildman–Crippen LogP) is 3.76. The van der Waals surface area contributed by atoms with Crippen molar-refractivity contribution in [2.45, 2.75) is 32.2 Å². The van der Waals surface area contributed by atoms with E-state index < -0.39 is 17.5 Å². The number of carboxylic acid groups (broad SMARTS) is 1. The van der Waals surface area contributed by atoms with Crippen LogP contribution in [-0.2, 0) is 4.79 Å². The minimum atomic E-state index is -1.29. The van der Waals surface area contributed by atoms with Crippen molar-refractivity contribution in [1.29, 1.82) is 0 Å². The number of carboxylic acids is 1. The number of urea groups is 1. The smallest absolute Gasteiger partial charge is 0.329 e. The number of aliphatic carboxylic acids is 1. The monoisotopic (exact) mass is 318 g/mol. The highest BCUT2D eigenvalue weighted by molar-refractivity contribution is 6.36. The molecule has 0 unspecified atom stereocenters. The van der Waals surface area contributed by atoms with Crippen LogP contribution < -0.4 is 10.6 Å². The minimum Gasteiger partial charge on any atom is -0.480 e. The maximum Gasteiger partial charge on any atom is 0.329 e. The number of anilines is 1. The molecule has 0 saturated carbocycles. The highest BCUT2D eigenvalue weighted by Crippen LogP contribution is 2.25. The first-order valence-electron chi connectivity index (χ1n) is 6.12. The van der Waals surface area contributed by atoms with Crippen molar-refractivity contribution in [3.63, 3.8) is 0 Å². The van der Waals surface area contributed by atoms with E-state index in [9.17, 15) is 14.7 Å². The zero-order valence-corrected chi connectivity index (χ0v) is 12.7. The molecule has 0 aliphatic heterocycles. The number of carbonyl (C=O) groups excluding carboxylic acids is 1. The molecule has 0 radical (unpaired) electrons. The lowest BCUT2D eigenvalue weighted by Gasteiger charge is -2.28. The topological polar surface area (TPSA) is 78.4 Å². The van der Waals surface area contributed by atoms with Gasteiger partial charge in [0.15, 0.2) is 0 Å². The van der Waals surface area contributed by atoms with Gasteiger partial charge in [0.25, 0.3) is 0 Å². The van der Waals surface area contributed by atoms with Crippen LogP contribution in [0, 0.1) is 0 Å². The Kier molecular flexibility index (Phi) is 5.65. The third-order valence-corrected chi connectivity index (χ3v) is 3.70. The van der Waals surface area contributed by atoms with E-state index in [0.29, 0.717) is 10.7 Å². The van der Waals surface area contributed by atoms with Crippen molar-refractivity contribution in [2.24, 2.45) is 0 Å². The van der Waals surface area contributed by atoms with Crippen LogP contribution in [0.3, 0.4) is 0 Å². The summed E-state index contributed by atoms with van der Waals surface area (Å²) < 4.78 is 0. The van der Waals surface area contributed by atoms with Gasteiger partial charge in [0.05, 0.1) is 10.7 Å². The van der Waals surface area contributed by atoms with E-state index in [2.05, 4.69) is 10.6 Å². The summed E-state index contributed by atoms with van der Waals surface area (Å²) in [6.07, 6.45) is 0.557. The molecule has 1 aromatic rings. The number of hydrogen-bond donors (Lipinski definition) is 3. The number of rotatable bonds is 5. The van der Waals surface area contributed by atoms with E-state index in [1.807, 2.05) is 0 Å². The van der Waals surface area contributed by atoms with Crippen LogP contribution in [0.2, 0.25) is 10.0 Å². The van der Waals surface area contributed by atoms with Gasteiger partial charge in [0, 0.05) is 5.02 Å². The van der Waals surface area contributed by atoms with E-state index in [0.717, 1.165) is 0 Å². The average molecular weight is 319 g/mol. The van der Waals surface area contributed by atoms with Crippen molar-refractivity contribution < 1.29 is 14.7 Å². The Balaban J connectivity index is 2.83. The van der Waals surface area contributed by atoms with E-state index in [1.54, 1.807) is 26.0 Å². The molecule has 0 heterocycles. The third kappa shape index (κ3) is 3.77. The zero-order chi connectivity index (χ0) is 15.3. The standard InChI is InChI=1S/C13H16Cl2N2O3/c1-3-13(4-2,11(18)19)17-12(20)16-10-6-5-8(14)7-9(10)15/h5-7H,3-4H2,1-2H3,(H,18,19)(H2,16,17,20). The lowest BCUT2D eigenvalue weighted by Crippen LogP contribution is -2.55. The summed E-state index contributed by atoms with van der Waals surface area (Å²) in [5.41, 5.74) is -0.928. The molecule has 0 aliphatic carbocycles. The number of hydrogen-bond acceptors (Lipinski definition) is 2. The second-order valence-corrected chi connectivity index (χ2v) is 5.14. The Labute approximate surface area is 127 Å². The van der Waals surface area contributed by atoms with Crippen LogP contribution in [0.25, 0.3) is 0 Å². The fourth-order valence-corrected chi connectivity index (χ4v) is 2.20. The molecule has 0 aromatic heterocycles. The summed E-state index contributed by atoms with van der Waals surface area (Å²) in [6.45, 7) is 3.40. The lowest BCUT2D eigenvalue weighted by atomic mass is 9.93. The Bertz CT molecular complexity index is 516. The molecule has 2 amide bonds. The highest BCUT2D eigenvalue weighted by Gasteiger charge is 2.36. The maximum atomic E-state index is 11.9. The first kappa shape index (κ1) is 16.6. The van der Waals surface area contributed by atoms with Crippen LogP contribution in [-0.4, -0.2) is 22.6 Å². The first-order valence-corrected chi connectivity index (χ1v) is 6.88. The van der Waals surface area contributed by atoms with Crippen LogP contribution in [0.4, 0.5) is 10.5 Å². The van der Waals surface area contributed by atoms with Gasteiger partial charge in [-0.05, 0) is 31.0 Å². The van der Waals surface area contributed by atoms with Gasteiger partial charge in [0.1, 0.15) is 5.54 Å². The highest BCUT2D eigenvalue weighted by atomic mass is 35.5. The molecule has 1 rings (SSSR count). The van der Waals surface area contributed by atoms with Gasteiger partial charge in [-0.25, -0.2) is 9.59 Å². The molecular formula is C13H16Cl2N2O3. The van der Waals surface area contributed by atoms with Crippen LogP contribution >= 0.6 is 23.2 Å². The molecule has 1 aromatic carbocycles. The Hall–Kier alpha value is -1.46. The van der Waals surface area contributed by atoms with Crippen molar-refractivity contribution in [3.05, 3.63) is 28.2 Å². The fraction of sp³-hybridized carbons (Fsp3) is 0.385. The van der Waals surface area contributed by atoms with E-state index >= 15 is 0 Å². The Morgan fingerprint density at radius 3 is 2.30 bits per heavy atom. The molecular weight excluding hydrogens is 303 g/mol. The van der Waals surface area contributed by atoms with Gasteiger partial charge in [-0.3, -0.25) is 0 Å². The molecule has 0 bridgehead atoms. The lowest BCUT2D eigenvalue weighted by molar-refractivity contribution is -0.144. The zero-order valence-electron chi connectivity index (χ0n) is 11.2. The van der Waals surface area contributed by atoms with Gasteiger partial charge >= 0.3 is 12.0 Å². The summed E-state index contributed by atoms with van der Waals surface area (Å²) in [5.74, 6) is -1.07. The Morgan fingerprint density at radius 2 is 1.85 bits per heavy atom. The van der Waals surface area contributed by atoms with Gasteiger partial charge < -0.3 is 15.7 Å². The number of benzene rings is 1. The Morgan fingerprint density at radius 1 is 1.25 bits per heavy atom. The van der Waals surface area contributed by atoms with Crippen molar-refractivity contribution >= 4 is 40.9 Å². The number of amides is 2. The largest absolute Gasteiger partial charge is 0.480 e. The molecule has 20 heavy (non-hydrogen) atoms. The molecule has 0 atom stereocenters. The van der Waals surface area contributed by atoms with E-state index in [4.69, 9.17) is 23.2 Å². The molecule has 0 aliphatic rings. The van der Waals surface area contributed by atoms with Crippen molar-refractivity contribution in [3.8, 4) is 0 Å². The second-order valence-electron chi connectivity index (χ2n) is 4.30.